The van der Waals surface area contributed by atoms with Gasteiger partial charge in [-0.1, -0.05) is 11.6 Å². The zero-order valence-electron chi connectivity index (χ0n) is 7.42. The lowest BCUT2D eigenvalue weighted by molar-refractivity contribution is 0.512. The third-order valence-electron chi connectivity index (χ3n) is 2.20. The molecule has 2 unspecified atom stereocenters. The Hall–Kier alpha value is 0.300. The summed E-state index contributed by atoms with van der Waals surface area (Å²) in [5, 5.41) is 6.00. The van der Waals surface area contributed by atoms with Gasteiger partial charge in [0.2, 0.25) is 0 Å². The Balaban J connectivity index is 2.12. The summed E-state index contributed by atoms with van der Waals surface area (Å²) in [7, 11) is 0. The number of rotatable bonds is 1. The van der Waals surface area contributed by atoms with Gasteiger partial charge in [-0.05, 0) is 30.5 Å². The second-order valence-corrected chi connectivity index (χ2v) is 5.99. The molecule has 0 saturated carbocycles. The Morgan fingerprint density at radius 2 is 2.46 bits per heavy atom. The van der Waals surface area contributed by atoms with E-state index in [4.69, 9.17) is 11.6 Å². The molecule has 0 bridgehead atoms. The fraction of sp³-hybridized carbons (Fsp3) is 0.556. The number of nitrogens with one attached hydrogen (secondary N) is 1. The molecule has 2 heterocycles. The number of hydrogen-bond acceptors (Lipinski definition) is 3. The van der Waals surface area contributed by atoms with Crippen molar-refractivity contribution in [2.75, 3.05) is 5.75 Å². The van der Waals surface area contributed by atoms with E-state index in [1.807, 2.05) is 11.8 Å². The van der Waals surface area contributed by atoms with Crippen molar-refractivity contribution >= 4 is 34.7 Å². The second-order valence-electron chi connectivity index (χ2n) is 3.26. The van der Waals surface area contributed by atoms with Crippen molar-refractivity contribution in [3.63, 3.8) is 0 Å². The lowest BCUT2D eigenvalue weighted by atomic mass is 10.2. The van der Waals surface area contributed by atoms with E-state index >= 15 is 0 Å². The largest absolute Gasteiger partial charge is 0.299 e. The normalized spacial score (nSPS) is 29.1. The van der Waals surface area contributed by atoms with Gasteiger partial charge in [-0.3, -0.25) is 5.32 Å². The smallest absolute Gasteiger partial charge is 0.0984 e. The lowest BCUT2D eigenvalue weighted by Gasteiger charge is -2.28. The van der Waals surface area contributed by atoms with Crippen LogP contribution in [0.2, 0.25) is 4.34 Å². The molecule has 0 aliphatic carbocycles. The maximum absolute atomic E-state index is 6.09. The third-order valence-corrected chi connectivity index (χ3v) is 4.59. The summed E-state index contributed by atoms with van der Waals surface area (Å²) in [6, 6.07) is 2.73. The first kappa shape index (κ1) is 9.84. The molecule has 1 N–H and O–H groups in total. The van der Waals surface area contributed by atoms with Crippen LogP contribution >= 0.6 is 34.7 Å². The van der Waals surface area contributed by atoms with E-state index < -0.39 is 0 Å². The van der Waals surface area contributed by atoms with E-state index in [1.165, 1.54) is 17.7 Å². The molecule has 13 heavy (non-hydrogen) atoms. The highest BCUT2D eigenvalue weighted by Gasteiger charge is 2.21. The first-order valence-corrected chi connectivity index (χ1v) is 6.68. The summed E-state index contributed by atoms with van der Waals surface area (Å²) in [4.78, 5) is 0. The van der Waals surface area contributed by atoms with Crippen molar-refractivity contribution in [2.45, 2.75) is 24.8 Å². The molecule has 1 aromatic heterocycles. The van der Waals surface area contributed by atoms with Crippen LogP contribution in [0, 0.1) is 0 Å². The molecule has 2 atom stereocenters. The first-order chi connectivity index (χ1) is 6.27. The third kappa shape index (κ3) is 2.21. The highest BCUT2D eigenvalue weighted by Crippen LogP contribution is 2.37. The molecule has 0 spiro atoms. The number of thiophene rings is 1. The molecule has 0 aromatic carbocycles. The molecule has 0 amide bonds. The molecular formula is C9H12ClNS2. The van der Waals surface area contributed by atoms with Crippen molar-refractivity contribution in [3.05, 3.63) is 21.3 Å². The standard InChI is InChI=1S/C9H12ClNS2/c1-6-2-4-13-9(11-6)7-3-5-12-8(7)10/h3,5-6,9,11H,2,4H2,1H3. The molecular weight excluding hydrogens is 222 g/mol. The van der Waals surface area contributed by atoms with Crippen LogP contribution in [0.4, 0.5) is 0 Å². The first-order valence-electron chi connectivity index (χ1n) is 4.38. The molecule has 1 saturated heterocycles. The van der Waals surface area contributed by atoms with Crippen LogP contribution in [0.1, 0.15) is 24.3 Å². The Bertz CT molecular complexity index is 287. The van der Waals surface area contributed by atoms with Crippen LogP contribution in [-0.4, -0.2) is 11.8 Å². The summed E-state index contributed by atoms with van der Waals surface area (Å²) >= 11 is 9.65. The van der Waals surface area contributed by atoms with Crippen LogP contribution in [0.5, 0.6) is 0 Å². The molecule has 1 aromatic rings. The summed E-state index contributed by atoms with van der Waals surface area (Å²) < 4.78 is 0.930. The van der Waals surface area contributed by atoms with Crippen LogP contribution in [0.15, 0.2) is 11.4 Å². The Kier molecular flexibility index (Phi) is 3.19. The van der Waals surface area contributed by atoms with Crippen LogP contribution < -0.4 is 5.32 Å². The van der Waals surface area contributed by atoms with E-state index in [0.29, 0.717) is 11.4 Å². The number of halogens is 1. The fourth-order valence-electron chi connectivity index (χ4n) is 1.42. The minimum atomic E-state index is 0.405. The topological polar surface area (TPSA) is 12.0 Å². The summed E-state index contributed by atoms with van der Waals surface area (Å²) in [5.74, 6) is 1.23. The Morgan fingerprint density at radius 3 is 3.08 bits per heavy atom. The molecule has 72 valence electrons. The van der Waals surface area contributed by atoms with Crippen molar-refractivity contribution in [1.29, 1.82) is 0 Å². The second kappa shape index (κ2) is 4.22. The van der Waals surface area contributed by atoms with Crippen LogP contribution in [-0.2, 0) is 0 Å². The predicted octanol–water partition coefficient (Wildman–Crippen LogP) is 3.52. The van der Waals surface area contributed by atoms with Gasteiger partial charge in [-0.25, -0.2) is 0 Å². The zero-order chi connectivity index (χ0) is 9.26. The SMILES string of the molecule is CC1CCSC(c2ccsc2Cl)N1. The average molecular weight is 234 g/mol. The van der Waals surface area contributed by atoms with Gasteiger partial charge in [0.25, 0.3) is 0 Å². The van der Waals surface area contributed by atoms with Gasteiger partial charge in [0.15, 0.2) is 0 Å². The molecule has 2 rings (SSSR count). The predicted molar refractivity (Wildman–Crippen MR) is 61.7 cm³/mol. The number of thioether (sulfide) groups is 1. The van der Waals surface area contributed by atoms with Crippen molar-refractivity contribution in [3.8, 4) is 0 Å². The molecule has 4 heteroatoms. The monoisotopic (exact) mass is 233 g/mol. The quantitative estimate of drug-likeness (QED) is 0.797. The van der Waals surface area contributed by atoms with Gasteiger partial charge in [0.1, 0.15) is 0 Å². The van der Waals surface area contributed by atoms with Crippen LogP contribution in [0.3, 0.4) is 0 Å². The van der Waals surface area contributed by atoms with Crippen LogP contribution in [0.25, 0.3) is 0 Å². The maximum atomic E-state index is 6.09. The zero-order valence-corrected chi connectivity index (χ0v) is 9.81. The highest BCUT2D eigenvalue weighted by molar-refractivity contribution is 7.99. The summed E-state index contributed by atoms with van der Waals surface area (Å²) in [6.45, 7) is 2.23. The molecule has 1 aliphatic rings. The molecule has 1 fully saturated rings. The van der Waals surface area contributed by atoms with Gasteiger partial charge in [0.05, 0.1) is 9.71 Å². The van der Waals surface area contributed by atoms with E-state index in [1.54, 1.807) is 11.3 Å². The van der Waals surface area contributed by atoms with Crippen molar-refractivity contribution < 1.29 is 0 Å². The van der Waals surface area contributed by atoms with E-state index in [9.17, 15) is 0 Å². The van der Waals surface area contributed by atoms with Gasteiger partial charge in [-0.2, -0.15) is 0 Å². The minimum Gasteiger partial charge on any atom is -0.299 e. The molecule has 1 nitrogen and oxygen atoms in total. The van der Waals surface area contributed by atoms with Gasteiger partial charge >= 0.3 is 0 Å². The lowest BCUT2D eigenvalue weighted by Crippen LogP contribution is -2.33. The van der Waals surface area contributed by atoms with Gasteiger partial charge < -0.3 is 0 Å². The van der Waals surface area contributed by atoms with Crippen molar-refractivity contribution in [2.24, 2.45) is 0 Å². The molecule has 0 radical (unpaired) electrons. The minimum absolute atomic E-state index is 0.405. The van der Waals surface area contributed by atoms with Gasteiger partial charge in [-0.15, -0.1) is 23.1 Å². The maximum Gasteiger partial charge on any atom is 0.0984 e. The number of hydrogen-bond donors (Lipinski definition) is 1. The van der Waals surface area contributed by atoms with Crippen molar-refractivity contribution in [1.82, 2.24) is 5.32 Å². The van der Waals surface area contributed by atoms with E-state index in [2.05, 4.69) is 23.7 Å². The summed E-state index contributed by atoms with van der Waals surface area (Å²) in [5.41, 5.74) is 1.25. The molecule has 1 aliphatic heterocycles. The Morgan fingerprint density at radius 1 is 1.62 bits per heavy atom. The van der Waals surface area contributed by atoms with Gasteiger partial charge in [0, 0.05) is 11.6 Å². The average Bonchev–Trinajstić information content (AvgIpc) is 2.51. The van der Waals surface area contributed by atoms with E-state index in [-0.39, 0.29) is 0 Å². The Labute approximate surface area is 91.9 Å². The highest BCUT2D eigenvalue weighted by atomic mass is 35.5. The fourth-order valence-corrected chi connectivity index (χ4v) is 3.97. The summed E-state index contributed by atoms with van der Waals surface area (Å²) in [6.07, 6.45) is 1.25. The van der Waals surface area contributed by atoms with E-state index in [0.717, 1.165) is 4.34 Å².